The van der Waals surface area contributed by atoms with Gasteiger partial charge in [0.25, 0.3) is 0 Å². The van der Waals surface area contributed by atoms with E-state index in [0.29, 0.717) is 0 Å². The first-order valence-corrected chi connectivity index (χ1v) is 2.70. The summed E-state index contributed by atoms with van der Waals surface area (Å²) in [6.45, 7) is -14.6. The van der Waals surface area contributed by atoms with Crippen LogP contribution in [0.2, 0.25) is 0 Å². The van der Waals surface area contributed by atoms with Gasteiger partial charge in [-0.25, -0.2) is 9.59 Å². The van der Waals surface area contributed by atoms with E-state index in [-0.39, 0.29) is 0 Å². The Morgan fingerprint density at radius 2 is 1.25 bits per heavy atom. The van der Waals surface area contributed by atoms with Crippen molar-refractivity contribution in [2.24, 2.45) is 0 Å². The lowest BCUT2D eigenvalue weighted by molar-refractivity contribution is 0.0941. The largest absolute Gasteiger partial charge is 0.465 e. The summed E-state index contributed by atoms with van der Waals surface area (Å²) in [4.78, 5) is 20.6. The summed E-state index contributed by atoms with van der Waals surface area (Å²) in [6, 6.07) is 0. The van der Waals surface area contributed by atoms with Gasteiger partial charge < -0.3 is 20.0 Å². The Bertz CT molecular complexity index is 396. The third-order valence-electron chi connectivity index (χ3n) is 0.930. The minimum absolute atomic E-state index is 0.695. The highest BCUT2D eigenvalue weighted by atomic mass is 16.4. The highest BCUT2D eigenvalue weighted by molar-refractivity contribution is 5.67. The van der Waals surface area contributed by atoms with Crippen molar-refractivity contribution in [1.82, 2.24) is 9.80 Å². The molecule has 0 bridgehead atoms. The monoisotopic (exact) mass is 182 g/mol. The maximum absolute atomic E-state index is 11.0. The number of carbonyl (C=O) groups is 2. The van der Waals surface area contributed by atoms with Crippen LogP contribution >= 0.6 is 0 Å². The molecule has 2 amide bonds. The van der Waals surface area contributed by atoms with E-state index in [1.165, 1.54) is 0 Å². The fourth-order valence-electron chi connectivity index (χ4n) is 0.447. The van der Waals surface area contributed by atoms with Gasteiger partial charge in [-0.3, -0.25) is 0 Å². The van der Waals surface area contributed by atoms with Gasteiger partial charge in [0.2, 0.25) is 0 Å². The van der Waals surface area contributed by atoms with Crippen LogP contribution in [0.15, 0.2) is 0 Å². The molecule has 0 saturated carbocycles. The Morgan fingerprint density at radius 3 is 1.42 bits per heavy atom. The smallest absolute Gasteiger partial charge is 0.407 e. The molecule has 0 aromatic carbocycles. The lowest BCUT2D eigenvalue weighted by Gasteiger charge is -2.31. The molecule has 68 valence electrons. The van der Waals surface area contributed by atoms with Crippen molar-refractivity contribution < 1.29 is 30.8 Å². The maximum Gasteiger partial charge on any atom is 0.407 e. The molecule has 6 nitrogen and oxygen atoms in total. The molecule has 0 spiro atoms. The van der Waals surface area contributed by atoms with Gasteiger partial charge in [-0.15, -0.1) is 0 Å². The molecule has 0 aliphatic carbocycles. The summed E-state index contributed by atoms with van der Waals surface area (Å²) < 4.78 is 59.2. The number of hydrogen-bond acceptors (Lipinski definition) is 2. The highest BCUT2D eigenvalue weighted by Crippen LogP contribution is 2.01. The molecular formula is C6H10N2O4. The second-order valence-electron chi connectivity index (χ2n) is 1.68. The van der Waals surface area contributed by atoms with E-state index >= 15 is 0 Å². The second-order valence-corrected chi connectivity index (χ2v) is 1.68. The van der Waals surface area contributed by atoms with Gasteiger partial charge in [0.05, 0.1) is 11.0 Å². The van der Waals surface area contributed by atoms with Crippen molar-refractivity contribution >= 4 is 12.2 Å². The molecule has 12 heavy (non-hydrogen) atoms. The van der Waals surface area contributed by atoms with E-state index < -0.39 is 48.0 Å². The Kier molecular flexibility index (Phi) is 0.765. The van der Waals surface area contributed by atoms with Crippen LogP contribution in [-0.4, -0.2) is 58.2 Å². The maximum atomic E-state index is 11.0. The lowest BCUT2D eigenvalue weighted by atomic mass is 10.3. The molecular weight excluding hydrogens is 164 g/mol. The number of nitrogens with zero attached hydrogens (tertiary/aromatic N) is 2. The Balaban J connectivity index is 3.69. The van der Waals surface area contributed by atoms with Crippen molar-refractivity contribution in [2.75, 3.05) is 26.0 Å². The quantitative estimate of drug-likeness (QED) is 0.550. The summed E-state index contributed by atoms with van der Waals surface area (Å²) in [5.41, 5.74) is 0. The zero-order valence-electron chi connectivity index (χ0n) is 13.6. The van der Waals surface area contributed by atoms with Crippen LogP contribution in [0.25, 0.3) is 0 Å². The van der Waals surface area contributed by atoms with E-state index in [4.69, 9.17) is 21.2 Å². The molecule has 1 aliphatic rings. The van der Waals surface area contributed by atoms with E-state index in [1.54, 1.807) is 0 Å². The minimum atomic E-state index is -3.65. The number of carboxylic acid groups (broad SMARTS) is 2. The van der Waals surface area contributed by atoms with Crippen molar-refractivity contribution in [3.8, 4) is 0 Å². The molecule has 0 radical (unpaired) electrons. The number of amides is 2. The normalized spacial score (nSPS) is 44.3. The van der Waals surface area contributed by atoms with Crippen LogP contribution in [0.3, 0.4) is 0 Å². The zero-order chi connectivity index (χ0) is 16.3. The third-order valence-corrected chi connectivity index (χ3v) is 0.930. The SMILES string of the molecule is [2H]C1([2H])N(C(=O)O)C([2H])([2H])C([2H])([2H])N(C(=O)O)C1([2H])[2H]. The fourth-order valence-corrected chi connectivity index (χ4v) is 0.447. The Morgan fingerprint density at radius 1 is 1.00 bits per heavy atom. The molecule has 0 unspecified atom stereocenters. The first-order valence-electron chi connectivity index (χ1n) is 6.70. The van der Waals surface area contributed by atoms with Gasteiger partial charge in [-0.1, -0.05) is 0 Å². The van der Waals surface area contributed by atoms with Gasteiger partial charge in [0.15, 0.2) is 0 Å². The predicted molar refractivity (Wildman–Crippen MR) is 39.2 cm³/mol. The van der Waals surface area contributed by atoms with Crippen LogP contribution in [0, 0.1) is 0 Å². The molecule has 2 N–H and O–H groups in total. The van der Waals surface area contributed by atoms with E-state index in [2.05, 4.69) is 0 Å². The van der Waals surface area contributed by atoms with Crippen molar-refractivity contribution in [2.45, 2.75) is 0 Å². The molecule has 1 aliphatic heterocycles. The van der Waals surface area contributed by atoms with Crippen LogP contribution in [0.4, 0.5) is 9.59 Å². The molecule has 0 atom stereocenters. The summed E-state index contributed by atoms with van der Waals surface area (Å²) >= 11 is 0. The van der Waals surface area contributed by atoms with Gasteiger partial charge in [0, 0.05) is 26.0 Å². The number of hydrogen-bond donors (Lipinski definition) is 2. The second kappa shape index (κ2) is 3.29. The van der Waals surface area contributed by atoms with Crippen LogP contribution in [-0.2, 0) is 0 Å². The fraction of sp³-hybridized carbons (Fsp3) is 0.667. The van der Waals surface area contributed by atoms with Gasteiger partial charge >= 0.3 is 12.2 Å². The lowest BCUT2D eigenvalue weighted by Crippen LogP contribution is -2.49. The zero-order valence-corrected chi connectivity index (χ0v) is 5.61. The average Bonchev–Trinajstić information content (AvgIpc) is 2.10. The number of rotatable bonds is 0. The third kappa shape index (κ3) is 1.77. The molecule has 1 fully saturated rings. The van der Waals surface area contributed by atoms with Crippen LogP contribution in [0.1, 0.15) is 11.0 Å². The summed E-state index contributed by atoms with van der Waals surface area (Å²) in [7, 11) is 0. The predicted octanol–water partition coefficient (Wildman–Crippen LogP) is -0.0400. The Hall–Kier alpha value is -1.46. The van der Waals surface area contributed by atoms with Crippen molar-refractivity contribution in [1.29, 1.82) is 0 Å². The molecule has 1 rings (SSSR count). The molecule has 1 heterocycles. The first kappa shape index (κ1) is 2.79. The van der Waals surface area contributed by atoms with Gasteiger partial charge in [-0.05, 0) is 0 Å². The van der Waals surface area contributed by atoms with Crippen molar-refractivity contribution in [3.05, 3.63) is 0 Å². The van der Waals surface area contributed by atoms with E-state index in [0.717, 1.165) is 0 Å². The molecule has 1 saturated heterocycles. The summed E-state index contributed by atoms with van der Waals surface area (Å²) in [5.74, 6) is 0. The number of piperazine rings is 1. The topological polar surface area (TPSA) is 81.1 Å². The van der Waals surface area contributed by atoms with Crippen LogP contribution < -0.4 is 0 Å². The summed E-state index contributed by atoms with van der Waals surface area (Å²) in [6.07, 6.45) is -4.53. The van der Waals surface area contributed by atoms with Crippen molar-refractivity contribution in [3.63, 3.8) is 0 Å². The standard InChI is InChI=1S/C6H10N2O4/c9-5(10)7-1-2-8(4-3-7)6(11)12/h1-4H2,(H,9,10)(H,11,12)/i1D2,2D2,3D2,4D2. The first-order chi connectivity index (χ1) is 8.63. The van der Waals surface area contributed by atoms with Crippen LogP contribution in [0.5, 0.6) is 0 Å². The van der Waals surface area contributed by atoms with Gasteiger partial charge in [0.1, 0.15) is 0 Å². The molecule has 0 aromatic rings. The minimum Gasteiger partial charge on any atom is -0.465 e. The molecule has 0 aromatic heterocycles. The van der Waals surface area contributed by atoms with E-state index in [9.17, 15) is 9.59 Å². The Labute approximate surface area is 80.2 Å². The van der Waals surface area contributed by atoms with Gasteiger partial charge in [-0.2, -0.15) is 0 Å². The average molecular weight is 182 g/mol. The molecule has 6 heteroatoms. The highest BCUT2D eigenvalue weighted by Gasteiger charge is 2.22. The van der Waals surface area contributed by atoms with E-state index in [1.807, 2.05) is 0 Å². The summed E-state index contributed by atoms with van der Waals surface area (Å²) in [5, 5.41) is 17.7.